The average Bonchev–Trinajstić information content (AvgIpc) is 3.11. The smallest absolute Gasteiger partial charge is 0.264 e. The van der Waals surface area contributed by atoms with Crippen LogP contribution in [0.25, 0.3) is 0 Å². The normalized spacial score (nSPS) is 20.5. The summed E-state index contributed by atoms with van der Waals surface area (Å²) < 4.78 is 0. The number of piperidine rings is 2. The first-order valence-electron chi connectivity index (χ1n) is 12.2. The fourth-order valence-electron chi connectivity index (χ4n) is 5.29. The molecule has 178 valence electrons. The second-order valence-electron chi connectivity index (χ2n) is 9.57. The quantitative estimate of drug-likeness (QED) is 0.594. The van der Waals surface area contributed by atoms with Crippen molar-refractivity contribution >= 4 is 23.2 Å². The molecule has 0 aliphatic carbocycles. The van der Waals surface area contributed by atoms with E-state index in [1.807, 2.05) is 42.5 Å². The molecule has 3 heterocycles. The van der Waals surface area contributed by atoms with Crippen LogP contribution < -0.4 is 15.5 Å². The maximum Gasteiger partial charge on any atom is 0.264 e. The number of carbonyl (C=O) groups is 2. The molecule has 3 N–H and O–H groups in total. The first-order valence-corrected chi connectivity index (χ1v) is 12.2. The molecular formula is C27H32N4O3. The summed E-state index contributed by atoms with van der Waals surface area (Å²) in [5.41, 5.74) is 1.96. The van der Waals surface area contributed by atoms with Gasteiger partial charge in [0.2, 0.25) is 0 Å². The Labute approximate surface area is 200 Å². The summed E-state index contributed by atoms with van der Waals surface area (Å²) in [6.45, 7) is 4.39. The minimum Gasteiger partial charge on any atom is -0.509 e. The molecule has 2 saturated heterocycles. The number of hydrogen-bond donors (Lipinski definition) is 3. The van der Waals surface area contributed by atoms with E-state index < -0.39 is 17.4 Å². The average molecular weight is 461 g/mol. The monoisotopic (exact) mass is 460 g/mol. The van der Waals surface area contributed by atoms with Crippen LogP contribution in [0.2, 0.25) is 0 Å². The van der Waals surface area contributed by atoms with E-state index in [4.69, 9.17) is 0 Å². The van der Waals surface area contributed by atoms with Crippen molar-refractivity contribution in [3.63, 3.8) is 0 Å². The third kappa shape index (κ3) is 4.53. The Hall–Kier alpha value is -3.32. The lowest BCUT2D eigenvalue weighted by molar-refractivity contribution is -0.121. The minimum atomic E-state index is -0.852. The number of benzene rings is 2. The molecule has 1 spiro atoms. The molecule has 2 amide bonds. The number of aliphatic hydroxyl groups is 1. The van der Waals surface area contributed by atoms with Gasteiger partial charge in [-0.3, -0.25) is 14.5 Å². The number of amides is 2. The van der Waals surface area contributed by atoms with E-state index in [1.54, 1.807) is 0 Å². The maximum atomic E-state index is 12.9. The molecule has 3 aliphatic rings. The molecular weight excluding hydrogens is 428 g/mol. The Morgan fingerprint density at radius 1 is 0.941 bits per heavy atom. The van der Waals surface area contributed by atoms with Gasteiger partial charge >= 0.3 is 0 Å². The van der Waals surface area contributed by atoms with Gasteiger partial charge in [-0.05, 0) is 61.9 Å². The number of hydrogen-bond acceptors (Lipinski definition) is 5. The fraction of sp³-hybridized carbons (Fsp3) is 0.407. The third-order valence-corrected chi connectivity index (χ3v) is 7.30. The zero-order valence-corrected chi connectivity index (χ0v) is 19.4. The molecule has 0 unspecified atom stereocenters. The number of anilines is 2. The number of likely N-dealkylation sites (tertiary alicyclic amines) is 1. The fourth-order valence-corrected chi connectivity index (χ4v) is 5.29. The van der Waals surface area contributed by atoms with Crippen LogP contribution in [0.3, 0.4) is 0 Å². The number of rotatable bonds is 5. The van der Waals surface area contributed by atoms with Gasteiger partial charge in [-0.2, -0.15) is 0 Å². The highest BCUT2D eigenvalue weighted by atomic mass is 16.3. The molecule has 2 aromatic rings. The molecule has 7 nitrogen and oxygen atoms in total. The summed E-state index contributed by atoms with van der Waals surface area (Å²) in [4.78, 5) is 30.3. The van der Waals surface area contributed by atoms with E-state index in [2.05, 4.69) is 32.6 Å². The van der Waals surface area contributed by atoms with Gasteiger partial charge in [-0.15, -0.1) is 0 Å². The van der Waals surface area contributed by atoms with Crippen LogP contribution in [0.1, 0.15) is 37.7 Å². The summed E-state index contributed by atoms with van der Waals surface area (Å²) in [6.07, 6.45) is 4.81. The first kappa shape index (κ1) is 22.5. The number of carbonyl (C=O) groups excluding carboxylic acids is 2. The molecule has 0 radical (unpaired) electrons. The summed E-state index contributed by atoms with van der Waals surface area (Å²) in [7, 11) is 0. The maximum absolute atomic E-state index is 12.9. The second-order valence-corrected chi connectivity index (χ2v) is 9.57. The number of nitrogens with one attached hydrogen (secondary N) is 2. The van der Waals surface area contributed by atoms with Crippen molar-refractivity contribution in [2.75, 3.05) is 36.4 Å². The molecule has 0 saturated carbocycles. The lowest BCUT2D eigenvalue weighted by Gasteiger charge is -2.39. The van der Waals surface area contributed by atoms with Crippen molar-refractivity contribution < 1.29 is 14.7 Å². The number of nitrogens with zero attached hydrogens (tertiary/aromatic N) is 2. The van der Waals surface area contributed by atoms with Gasteiger partial charge < -0.3 is 20.6 Å². The minimum absolute atomic E-state index is 0.126. The van der Waals surface area contributed by atoms with Gasteiger partial charge in [0.1, 0.15) is 16.9 Å². The predicted molar refractivity (Wildman–Crippen MR) is 133 cm³/mol. The van der Waals surface area contributed by atoms with E-state index in [1.165, 1.54) is 24.8 Å². The van der Waals surface area contributed by atoms with Crippen molar-refractivity contribution in [2.24, 2.45) is 0 Å². The van der Waals surface area contributed by atoms with Crippen LogP contribution in [0.5, 0.6) is 0 Å². The van der Waals surface area contributed by atoms with Crippen LogP contribution in [-0.2, 0) is 16.1 Å². The van der Waals surface area contributed by atoms with Gasteiger partial charge in [0.05, 0.1) is 0 Å². The van der Waals surface area contributed by atoms with E-state index >= 15 is 0 Å². The molecule has 0 bridgehead atoms. The van der Waals surface area contributed by atoms with Gasteiger partial charge in [-0.25, -0.2) is 0 Å². The first-order chi connectivity index (χ1) is 16.5. The van der Waals surface area contributed by atoms with Gasteiger partial charge in [0.15, 0.2) is 0 Å². The topological polar surface area (TPSA) is 84.9 Å². The van der Waals surface area contributed by atoms with E-state index in [0.29, 0.717) is 18.5 Å². The summed E-state index contributed by atoms with van der Waals surface area (Å²) in [6, 6.07) is 17.9. The Morgan fingerprint density at radius 2 is 1.62 bits per heavy atom. The van der Waals surface area contributed by atoms with Crippen LogP contribution in [0, 0.1) is 0 Å². The van der Waals surface area contributed by atoms with Crippen molar-refractivity contribution in [3.8, 4) is 0 Å². The van der Waals surface area contributed by atoms with Crippen molar-refractivity contribution in [3.05, 3.63) is 71.5 Å². The standard InChI is InChI=1S/C27H32N4O3/c32-24-23(25(33)28-21-9-11-22(12-10-21)31-15-5-2-6-16-31)26(34)29-27(24)13-17-30(18-14-27)19-20-7-3-1-4-8-20/h1,3-4,7-12,32H,2,5-6,13-19H2,(H,28,33)(H,29,34). The van der Waals surface area contributed by atoms with Gasteiger partial charge in [0.25, 0.3) is 11.8 Å². The summed E-state index contributed by atoms with van der Waals surface area (Å²) >= 11 is 0. The van der Waals surface area contributed by atoms with Gasteiger partial charge in [-0.1, -0.05) is 30.3 Å². The van der Waals surface area contributed by atoms with Crippen molar-refractivity contribution in [1.82, 2.24) is 10.2 Å². The summed E-state index contributed by atoms with van der Waals surface area (Å²) in [5.74, 6) is -1.19. The van der Waals surface area contributed by atoms with Crippen molar-refractivity contribution in [2.45, 2.75) is 44.2 Å². The molecule has 2 aromatic carbocycles. The molecule has 0 atom stereocenters. The zero-order chi connectivity index (χ0) is 23.5. The van der Waals surface area contributed by atoms with Crippen LogP contribution in [-0.4, -0.2) is 53.5 Å². The lowest BCUT2D eigenvalue weighted by Crippen LogP contribution is -2.52. The highest BCUT2D eigenvalue weighted by Gasteiger charge is 2.49. The van der Waals surface area contributed by atoms with E-state index in [-0.39, 0.29) is 11.3 Å². The molecule has 3 aliphatic heterocycles. The van der Waals surface area contributed by atoms with E-state index in [9.17, 15) is 14.7 Å². The third-order valence-electron chi connectivity index (χ3n) is 7.30. The van der Waals surface area contributed by atoms with E-state index in [0.717, 1.165) is 38.4 Å². The lowest BCUT2D eigenvalue weighted by atomic mass is 9.86. The largest absolute Gasteiger partial charge is 0.509 e. The summed E-state index contributed by atoms with van der Waals surface area (Å²) in [5, 5.41) is 16.7. The molecule has 2 fully saturated rings. The molecule has 7 heteroatoms. The Morgan fingerprint density at radius 3 is 2.29 bits per heavy atom. The van der Waals surface area contributed by atoms with Crippen LogP contribution in [0.15, 0.2) is 65.9 Å². The van der Waals surface area contributed by atoms with Crippen molar-refractivity contribution in [1.29, 1.82) is 0 Å². The predicted octanol–water partition coefficient (Wildman–Crippen LogP) is 3.59. The van der Waals surface area contributed by atoms with Crippen LogP contribution >= 0.6 is 0 Å². The molecule has 34 heavy (non-hydrogen) atoms. The second kappa shape index (κ2) is 9.50. The van der Waals surface area contributed by atoms with Crippen LogP contribution in [0.4, 0.5) is 11.4 Å². The highest BCUT2D eigenvalue weighted by Crippen LogP contribution is 2.35. The molecule has 0 aromatic heterocycles. The zero-order valence-electron chi connectivity index (χ0n) is 19.4. The Balaban J connectivity index is 1.23. The molecule has 5 rings (SSSR count). The SMILES string of the molecule is O=C(Nc1ccc(N2CCCCC2)cc1)C1=C(O)C2(CCN(Cc3ccccc3)CC2)NC1=O. The Kier molecular flexibility index (Phi) is 6.28. The Bertz CT molecular complexity index is 1070. The highest BCUT2D eigenvalue weighted by molar-refractivity contribution is 6.25. The van der Waals surface area contributed by atoms with Gasteiger partial charge in [0, 0.05) is 44.1 Å². The number of aliphatic hydroxyl groups excluding tert-OH is 1.